The molecule has 0 radical (unpaired) electrons. The van der Waals surface area contributed by atoms with Gasteiger partial charge in [0.05, 0.1) is 21.3 Å². The quantitative estimate of drug-likeness (QED) is 0.351. The lowest BCUT2D eigenvalue weighted by atomic mass is 9.71. The summed E-state index contributed by atoms with van der Waals surface area (Å²) in [4.78, 5) is 25.9. The van der Waals surface area contributed by atoms with Gasteiger partial charge in [-0.25, -0.2) is 4.79 Å². The van der Waals surface area contributed by atoms with Gasteiger partial charge >= 0.3 is 11.9 Å². The SMILES string of the molecule is C/C=C(\C)C(=O)O[C@H]1c2cc(OC)c(OC)c(OC)c2-c2c(cc3c(c2O)OCO3)[C@H](OC(=O)CC)[C@H](C)[C@]1(C)O. The molecular weight excluding hydrogens is 536 g/mol. The number of rotatable bonds is 7. The predicted octanol–water partition coefficient (Wildman–Crippen LogP) is 4.76. The van der Waals surface area contributed by atoms with Crippen molar-refractivity contribution < 1.29 is 53.0 Å². The zero-order chi connectivity index (χ0) is 30.2. The van der Waals surface area contributed by atoms with E-state index in [9.17, 15) is 19.8 Å². The average molecular weight is 573 g/mol. The number of hydrogen-bond donors (Lipinski definition) is 2. The fourth-order valence-corrected chi connectivity index (χ4v) is 5.19. The molecule has 2 N–H and O–H groups in total. The smallest absolute Gasteiger partial charge is 0.334 e. The van der Waals surface area contributed by atoms with Crippen LogP contribution in [0.3, 0.4) is 0 Å². The summed E-state index contributed by atoms with van der Waals surface area (Å²) in [7, 11) is 4.26. The molecule has 4 atom stereocenters. The highest BCUT2D eigenvalue weighted by molar-refractivity contribution is 5.91. The molecule has 2 aromatic rings. The van der Waals surface area contributed by atoms with E-state index in [4.69, 9.17) is 33.2 Å². The number of carbonyl (C=O) groups excluding carboxylic acids is 2. The van der Waals surface area contributed by atoms with Crippen molar-refractivity contribution in [1.82, 2.24) is 0 Å². The Balaban J connectivity index is 2.21. The van der Waals surface area contributed by atoms with E-state index < -0.39 is 35.7 Å². The molecule has 4 rings (SSSR count). The molecule has 1 heterocycles. The lowest BCUT2D eigenvalue weighted by Gasteiger charge is -2.43. The summed E-state index contributed by atoms with van der Waals surface area (Å²) in [5, 5.41) is 23.9. The summed E-state index contributed by atoms with van der Waals surface area (Å²) in [6.07, 6.45) is -0.832. The second kappa shape index (κ2) is 11.4. The molecule has 2 aliphatic rings. The first-order valence-corrected chi connectivity index (χ1v) is 13.2. The van der Waals surface area contributed by atoms with E-state index in [2.05, 4.69) is 0 Å². The number of esters is 2. The monoisotopic (exact) mass is 572 g/mol. The number of phenols is 1. The molecule has 0 bridgehead atoms. The molecular formula is C30H36O11. The summed E-state index contributed by atoms with van der Waals surface area (Å²) < 4.78 is 40.2. The maximum atomic E-state index is 13.2. The van der Waals surface area contributed by atoms with Gasteiger partial charge in [-0.3, -0.25) is 4.79 Å². The van der Waals surface area contributed by atoms with Gasteiger partial charge in [0.25, 0.3) is 0 Å². The van der Waals surface area contributed by atoms with E-state index in [0.717, 1.165) is 0 Å². The first-order valence-electron chi connectivity index (χ1n) is 13.2. The van der Waals surface area contributed by atoms with Crippen LogP contribution in [0.15, 0.2) is 23.8 Å². The minimum absolute atomic E-state index is 0.0566. The Morgan fingerprint density at radius 1 is 1.05 bits per heavy atom. The number of carbonyl (C=O) groups is 2. The molecule has 41 heavy (non-hydrogen) atoms. The van der Waals surface area contributed by atoms with Gasteiger partial charge in [0.15, 0.2) is 29.1 Å². The highest BCUT2D eigenvalue weighted by Gasteiger charge is 2.51. The Morgan fingerprint density at radius 2 is 1.73 bits per heavy atom. The Kier molecular flexibility index (Phi) is 8.30. The topological polar surface area (TPSA) is 139 Å². The average Bonchev–Trinajstić information content (AvgIpc) is 3.45. The molecule has 0 amide bonds. The van der Waals surface area contributed by atoms with Crippen LogP contribution in [0, 0.1) is 5.92 Å². The first-order chi connectivity index (χ1) is 19.5. The minimum Gasteiger partial charge on any atom is -0.504 e. The van der Waals surface area contributed by atoms with Crippen molar-refractivity contribution in [3.63, 3.8) is 0 Å². The summed E-state index contributed by atoms with van der Waals surface area (Å²) in [5.74, 6) is -1.58. The zero-order valence-corrected chi connectivity index (χ0v) is 24.4. The maximum absolute atomic E-state index is 13.2. The van der Waals surface area contributed by atoms with Crippen molar-refractivity contribution >= 4 is 11.9 Å². The van der Waals surface area contributed by atoms with Crippen molar-refractivity contribution in [2.75, 3.05) is 28.1 Å². The Morgan fingerprint density at radius 3 is 2.32 bits per heavy atom. The van der Waals surface area contributed by atoms with Crippen molar-refractivity contribution in [3.05, 3.63) is 34.9 Å². The second-order valence-electron chi connectivity index (χ2n) is 10.1. The fraction of sp³-hybridized carbons (Fsp3) is 0.467. The van der Waals surface area contributed by atoms with Gasteiger partial charge in [-0.05, 0) is 32.9 Å². The van der Waals surface area contributed by atoms with Crippen LogP contribution in [0.5, 0.6) is 34.5 Å². The number of hydrogen-bond acceptors (Lipinski definition) is 11. The van der Waals surface area contributed by atoms with Crippen molar-refractivity contribution in [3.8, 4) is 45.6 Å². The van der Waals surface area contributed by atoms with E-state index in [0.29, 0.717) is 11.1 Å². The Hall–Kier alpha value is -4.12. The van der Waals surface area contributed by atoms with Crippen LogP contribution in [0.1, 0.15) is 64.4 Å². The van der Waals surface area contributed by atoms with E-state index in [-0.39, 0.29) is 64.4 Å². The van der Waals surface area contributed by atoms with Gasteiger partial charge in [0.2, 0.25) is 18.3 Å². The summed E-state index contributed by atoms with van der Waals surface area (Å²) >= 11 is 0. The van der Waals surface area contributed by atoms with Crippen molar-refractivity contribution in [2.24, 2.45) is 5.92 Å². The van der Waals surface area contributed by atoms with Gasteiger partial charge in [-0.1, -0.05) is 19.9 Å². The third-order valence-electron chi connectivity index (χ3n) is 7.80. The molecule has 0 fully saturated rings. The number of aromatic hydroxyl groups is 1. The molecule has 0 unspecified atom stereocenters. The van der Waals surface area contributed by atoms with Crippen LogP contribution in [-0.2, 0) is 19.1 Å². The van der Waals surface area contributed by atoms with E-state index in [1.54, 1.807) is 45.9 Å². The molecule has 0 saturated carbocycles. The lowest BCUT2D eigenvalue weighted by Crippen LogP contribution is -2.46. The molecule has 2 aromatic carbocycles. The summed E-state index contributed by atoms with van der Waals surface area (Å²) in [6.45, 7) is 7.96. The second-order valence-corrected chi connectivity index (χ2v) is 10.1. The molecule has 11 heteroatoms. The Labute approximate surface area is 238 Å². The molecule has 0 spiro atoms. The van der Waals surface area contributed by atoms with Crippen molar-refractivity contribution in [2.45, 2.75) is 58.8 Å². The van der Waals surface area contributed by atoms with Crippen LogP contribution < -0.4 is 23.7 Å². The number of methoxy groups -OCH3 is 3. The van der Waals surface area contributed by atoms with Crippen LogP contribution in [0.25, 0.3) is 11.1 Å². The lowest BCUT2D eigenvalue weighted by molar-refractivity contribution is -0.183. The van der Waals surface area contributed by atoms with Gasteiger partial charge in [0.1, 0.15) is 11.7 Å². The van der Waals surface area contributed by atoms with Gasteiger partial charge in [-0.15, -0.1) is 0 Å². The molecule has 1 aliphatic heterocycles. The first kappa shape index (κ1) is 29.9. The van der Waals surface area contributed by atoms with Crippen molar-refractivity contribution in [1.29, 1.82) is 0 Å². The highest BCUT2D eigenvalue weighted by atomic mass is 16.7. The predicted molar refractivity (Wildman–Crippen MR) is 146 cm³/mol. The molecule has 0 aromatic heterocycles. The third-order valence-corrected chi connectivity index (χ3v) is 7.80. The van der Waals surface area contributed by atoms with E-state index >= 15 is 0 Å². The molecule has 222 valence electrons. The number of ether oxygens (including phenoxy) is 7. The molecule has 1 aliphatic carbocycles. The van der Waals surface area contributed by atoms with Gasteiger partial charge in [-0.2, -0.15) is 0 Å². The maximum Gasteiger partial charge on any atom is 0.334 e. The van der Waals surface area contributed by atoms with Gasteiger partial charge in [0, 0.05) is 40.2 Å². The number of fused-ring (bicyclic) bond motifs is 4. The van der Waals surface area contributed by atoms with Crippen LogP contribution >= 0.6 is 0 Å². The van der Waals surface area contributed by atoms with Gasteiger partial charge < -0.3 is 43.4 Å². The van der Waals surface area contributed by atoms with Crippen LogP contribution in [0.2, 0.25) is 0 Å². The van der Waals surface area contributed by atoms with Crippen LogP contribution in [-0.4, -0.2) is 55.9 Å². The van der Waals surface area contributed by atoms with E-state index in [1.165, 1.54) is 28.3 Å². The standard InChI is InChI=1S/C30H36O11/c1-9-14(3)29(33)41-28-17-12-18(35-6)26(36-7)27(37-8)22(17)21-16(11-19-25(23(21)32)39-13-38-19)24(40-20(31)10-2)15(4)30(28,5)34/h9,11-12,15,24,28,32,34H,10,13H2,1-8H3/b14-9+/t15-,24+,28-,30-/m0/s1. The zero-order valence-electron chi connectivity index (χ0n) is 24.4. The molecule has 0 saturated heterocycles. The number of phenolic OH excluding ortho intramolecular Hbond substituents is 1. The van der Waals surface area contributed by atoms with Crippen LogP contribution in [0.4, 0.5) is 0 Å². The third kappa shape index (κ3) is 4.88. The number of benzene rings is 2. The summed E-state index contributed by atoms with van der Waals surface area (Å²) in [5.41, 5.74) is -0.568. The molecule has 11 nitrogen and oxygen atoms in total. The largest absolute Gasteiger partial charge is 0.504 e. The highest BCUT2D eigenvalue weighted by Crippen LogP contribution is 2.61. The Bertz CT molecular complexity index is 1390. The number of aliphatic hydroxyl groups is 1. The minimum atomic E-state index is -1.84. The fourth-order valence-electron chi connectivity index (χ4n) is 5.19. The van der Waals surface area contributed by atoms with E-state index in [1.807, 2.05) is 0 Å². The normalized spacial score (nSPS) is 23.0. The number of allylic oxidation sites excluding steroid dienone is 1. The summed E-state index contributed by atoms with van der Waals surface area (Å²) in [6, 6.07) is 3.17.